The van der Waals surface area contributed by atoms with E-state index < -0.39 is 47.0 Å². The summed E-state index contributed by atoms with van der Waals surface area (Å²) < 4.78 is 39.5. The van der Waals surface area contributed by atoms with Crippen molar-refractivity contribution in [3.05, 3.63) is 99.6 Å². The molecule has 0 unspecified atom stereocenters. The number of nitrogens with one attached hydrogen (secondary N) is 2. The Morgan fingerprint density at radius 2 is 1.64 bits per heavy atom. The van der Waals surface area contributed by atoms with Gasteiger partial charge in [-0.2, -0.15) is 13.2 Å². The van der Waals surface area contributed by atoms with Crippen LogP contribution >= 0.6 is 11.6 Å². The molecule has 4 N–H and O–H groups in total. The molecule has 3 aromatic carbocycles. The minimum atomic E-state index is -4.77. The number of hydrogen-bond acceptors (Lipinski definition) is 6. The van der Waals surface area contributed by atoms with Crippen LogP contribution in [0.1, 0.15) is 49.1 Å². The Labute approximate surface area is 224 Å². The number of carboxylic acid groups (broad SMARTS) is 1. The van der Waals surface area contributed by atoms with Crippen molar-refractivity contribution >= 4 is 35.3 Å². The summed E-state index contributed by atoms with van der Waals surface area (Å²) in [5.74, 6) is -4.43. The lowest BCUT2D eigenvalue weighted by Gasteiger charge is -2.24. The summed E-state index contributed by atoms with van der Waals surface area (Å²) in [4.78, 5) is 50.3. The van der Waals surface area contributed by atoms with Gasteiger partial charge in [0.1, 0.15) is 11.8 Å². The zero-order valence-corrected chi connectivity index (χ0v) is 20.9. The number of carboxylic acids is 1. The maximum atomic E-state index is 13.3. The highest BCUT2D eigenvalue weighted by Gasteiger charge is 2.33. The van der Waals surface area contributed by atoms with Crippen LogP contribution in [0.5, 0.6) is 5.75 Å². The molecule has 0 radical (unpaired) electrons. The van der Waals surface area contributed by atoms with Crippen molar-refractivity contribution in [2.24, 2.45) is 0 Å². The molecule has 3 amide bonds. The number of hydrogen-bond donors (Lipinski definition) is 4. The molecule has 1 atom stereocenters. The van der Waals surface area contributed by atoms with E-state index in [1.54, 1.807) is 12.1 Å². The van der Waals surface area contributed by atoms with Crippen molar-refractivity contribution in [3.8, 4) is 5.75 Å². The summed E-state index contributed by atoms with van der Waals surface area (Å²) in [5, 5.41) is 21.4. The maximum Gasteiger partial charge on any atom is 0.416 e. The molecule has 0 heterocycles. The van der Waals surface area contributed by atoms with Gasteiger partial charge in [0.25, 0.3) is 17.7 Å². The van der Waals surface area contributed by atoms with E-state index in [0.29, 0.717) is 11.6 Å². The highest BCUT2D eigenvalue weighted by atomic mass is 35.5. The average Bonchev–Trinajstić information content (AvgIpc) is 2.89. The van der Waals surface area contributed by atoms with Crippen LogP contribution in [0.15, 0.2) is 66.7 Å². The molecule has 9 nitrogen and oxygen atoms in total. The number of hydrazine groups is 1. The number of phenolic OH excluding ortho intramolecular Hbond substituents is 1. The molecule has 0 aromatic heterocycles. The largest absolute Gasteiger partial charge is 0.508 e. The van der Waals surface area contributed by atoms with E-state index in [0.717, 1.165) is 37.3 Å². The fourth-order valence-electron chi connectivity index (χ4n) is 3.32. The van der Waals surface area contributed by atoms with Crippen LogP contribution in [0.25, 0.3) is 0 Å². The number of carbonyl (C=O) groups is 4. The summed E-state index contributed by atoms with van der Waals surface area (Å²) in [6.07, 6.45) is -4.77. The molecule has 0 bridgehead atoms. The van der Waals surface area contributed by atoms with Crippen molar-refractivity contribution in [1.82, 2.24) is 15.8 Å². The van der Waals surface area contributed by atoms with Crippen molar-refractivity contribution < 1.29 is 42.6 Å². The van der Waals surface area contributed by atoms with E-state index in [4.69, 9.17) is 11.6 Å². The topological polar surface area (TPSA) is 136 Å². The number of rotatable bonds is 8. The standard InChI is InChI=1S/C26H21ClF3N3O6/c1-14(25(38)39)32-33(23(36)17-5-3-6-18(11-17)26(28,29)30)24(37)20-9-8-16(12-21(20)27)22(35)31-13-15-4-2-7-19(34)10-15/h2-12,14,32,34H,13H2,1H3,(H,31,35)(H,38,39)/t14-/m0/s1. The number of imide groups is 1. The molecule has 3 aromatic rings. The Hall–Kier alpha value is -4.42. The summed E-state index contributed by atoms with van der Waals surface area (Å²) in [7, 11) is 0. The van der Waals surface area contributed by atoms with Gasteiger partial charge in [-0.05, 0) is 61.0 Å². The van der Waals surface area contributed by atoms with Gasteiger partial charge in [0, 0.05) is 17.7 Å². The zero-order chi connectivity index (χ0) is 28.9. The van der Waals surface area contributed by atoms with Gasteiger partial charge >= 0.3 is 12.1 Å². The van der Waals surface area contributed by atoms with Crippen LogP contribution in [0.3, 0.4) is 0 Å². The van der Waals surface area contributed by atoms with Crippen molar-refractivity contribution in [3.63, 3.8) is 0 Å². The second-order valence-electron chi connectivity index (χ2n) is 8.26. The number of nitrogens with zero attached hydrogens (tertiary/aromatic N) is 1. The second kappa shape index (κ2) is 12.0. The lowest BCUT2D eigenvalue weighted by Crippen LogP contribution is -2.53. The Balaban J connectivity index is 1.87. The molecule has 0 fully saturated rings. The van der Waals surface area contributed by atoms with Crippen LogP contribution in [0, 0.1) is 0 Å². The molecule has 204 valence electrons. The van der Waals surface area contributed by atoms with E-state index in [2.05, 4.69) is 10.7 Å². The molecular weight excluding hydrogens is 543 g/mol. The van der Waals surface area contributed by atoms with Gasteiger partial charge in [0.2, 0.25) is 0 Å². The first-order valence-corrected chi connectivity index (χ1v) is 11.6. The molecule has 0 spiro atoms. The first kappa shape index (κ1) is 29.1. The number of benzene rings is 3. The third-order valence-electron chi connectivity index (χ3n) is 5.36. The lowest BCUT2D eigenvalue weighted by atomic mass is 10.1. The Bertz CT molecular complexity index is 1430. The van der Waals surface area contributed by atoms with Crippen molar-refractivity contribution in [2.45, 2.75) is 25.7 Å². The Morgan fingerprint density at radius 3 is 2.26 bits per heavy atom. The third kappa shape index (κ3) is 7.33. The summed E-state index contributed by atoms with van der Waals surface area (Å²) in [5.41, 5.74) is 0.816. The molecule has 3 rings (SSSR count). The summed E-state index contributed by atoms with van der Waals surface area (Å²) >= 11 is 6.22. The molecule has 0 aliphatic heterocycles. The first-order chi connectivity index (χ1) is 18.3. The van der Waals surface area contributed by atoms with E-state index in [-0.39, 0.29) is 33.5 Å². The molecule has 39 heavy (non-hydrogen) atoms. The van der Waals surface area contributed by atoms with Crippen LogP contribution < -0.4 is 10.7 Å². The first-order valence-electron chi connectivity index (χ1n) is 11.2. The van der Waals surface area contributed by atoms with Gasteiger partial charge in [0.05, 0.1) is 16.1 Å². The normalized spacial score (nSPS) is 11.9. The number of carbonyl (C=O) groups excluding carboxylic acids is 3. The molecular formula is C26H21ClF3N3O6. The summed E-state index contributed by atoms with van der Waals surface area (Å²) in [6.45, 7) is 1.19. The number of phenols is 1. The van der Waals surface area contributed by atoms with Crippen LogP contribution in [-0.4, -0.2) is 45.0 Å². The average molecular weight is 564 g/mol. The minimum absolute atomic E-state index is 0.0164. The predicted octanol–water partition coefficient (Wildman–Crippen LogP) is 4.25. The van der Waals surface area contributed by atoms with Crippen LogP contribution in [-0.2, 0) is 17.5 Å². The Kier molecular flexibility index (Phi) is 8.94. The summed E-state index contributed by atoms with van der Waals surface area (Å²) in [6, 6.07) is 11.4. The van der Waals surface area contributed by atoms with Crippen LogP contribution in [0.4, 0.5) is 13.2 Å². The molecule has 13 heteroatoms. The third-order valence-corrected chi connectivity index (χ3v) is 5.67. The molecule has 0 aliphatic carbocycles. The number of halogens is 4. The lowest BCUT2D eigenvalue weighted by molar-refractivity contribution is -0.140. The van der Waals surface area contributed by atoms with Gasteiger partial charge in [-0.15, -0.1) is 0 Å². The fourth-order valence-corrected chi connectivity index (χ4v) is 3.58. The van der Waals surface area contributed by atoms with E-state index >= 15 is 0 Å². The number of amides is 3. The van der Waals surface area contributed by atoms with Gasteiger partial charge in [0.15, 0.2) is 0 Å². The maximum absolute atomic E-state index is 13.3. The van der Waals surface area contributed by atoms with Crippen molar-refractivity contribution in [1.29, 1.82) is 0 Å². The van der Waals surface area contributed by atoms with E-state index in [1.165, 1.54) is 18.2 Å². The van der Waals surface area contributed by atoms with Gasteiger partial charge in [-0.3, -0.25) is 19.2 Å². The van der Waals surface area contributed by atoms with E-state index in [1.807, 2.05) is 0 Å². The number of aromatic hydroxyl groups is 1. The van der Waals surface area contributed by atoms with Crippen LogP contribution in [0.2, 0.25) is 5.02 Å². The quantitative estimate of drug-likeness (QED) is 0.237. The van der Waals surface area contributed by atoms with Crippen molar-refractivity contribution in [2.75, 3.05) is 0 Å². The van der Waals surface area contributed by atoms with Gasteiger partial charge in [-0.1, -0.05) is 29.8 Å². The molecule has 0 saturated heterocycles. The SMILES string of the molecule is C[C@H](NN(C(=O)c1cccc(C(F)(F)F)c1)C(=O)c1ccc(C(=O)NCc2cccc(O)c2)cc1Cl)C(=O)O. The monoisotopic (exact) mass is 563 g/mol. The second-order valence-corrected chi connectivity index (χ2v) is 8.67. The molecule has 0 saturated carbocycles. The molecule has 0 aliphatic rings. The zero-order valence-electron chi connectivity index (χ0n) is 20.1. The number of aliphatic carboxylic acids is 1. The Morgan fingerprint density at radius 1 is 0.949 bits per heavy atom. The van der Waals surface area contributed by atoms with Gasteiger partial charge < -0.3 is 15.5 Å². The smallest absolute Gasteiger partial charge is 0.416 e. The number of alkyl halides is 3. The minimum Gasteiger partial charge on any atom is -0.508 e. The highest BCUT2D eigenvalue weighted by Crippen LogP contribution is 2.30. The van der Waals surface area contributed by atoms with Gasteiger partial charge in [-0.25, -0.2) is 10.4 Å². The predicted molar refractivity (Wildman–Crippen MR) is 133 cm³/mol. The highest BCUT2D eigenvalue weighted by molar-refractivity contribution is 6.34. The fraction of sp³-hybridized carbons (Fsp3) is 0.154. The van der Waals surface area contributed by atoms with E-state index in [9.17, 15) is 42.6 Å².